The van der Waals surface area contributed by atoms with Crippen molar-refractivity contribution in [2.45, 2.75) is 41.9 Å². The molecule has 5 nitrogen and oxygen atoms in total. The maximum Gasteiger partial charge on any atom is 0.215 e. The summed E-state index contributed by atoms with van der Waals surface area (Å²) in [6.45, 7) is 0. The van der Waals surface area contributed by atoms with Crippen molar-refractivity contribution in [2.75, 3.05) is 0 Å². The Hall–Kier alpha value is -0.660. The summed E-state index contributed by atoms with van der Waals surface area (Å²) in [5, 5.41) is 14.2. The van der Waals surface area contributed by atoms with Crippen molar-refractivity contribution in [3.63, 3.8) is 0 Å². The van der Waals surface area contributed by atoms with Gasteiger partial charge in [-0.25, -0.2) is 9.67 Å². The molecular weight excluding hydrogens is 350 g/mol. The second-order valence-electron chi connectivity index (χ2n) is 4.39. The van der Waals surface area contributed by atoms with Crippen LogP contribution in [0.15, 0.2) is 26.9 Å². The molecule has 0 bridgehead atoms. The second kappa shape index (κ2) is 5.76. The van der Waals surface area contributed by atoms with Crippen LogP contribution >= 0.6 is 39.3 Å². The van der Waals surface area contributed by atoms with E-state index < -0.39 is 0 Å². The maximum atomic E-state index is 5.89. The number of nitrogens with zero attached hydrogens (tertiary/aromatic N) is 5. The molecule has 1 aliphatic rings. The summed E-state index contributed by atoms with van der Waals surface area (Å²) in [7, 11) is 0. The first-order valence-electron chi connectivity index (χ1n) is 6.01. The molecule has 2 aromatic heterocycles. The Labute approximate surface area is 128 Å². The average molecular weight is 361 g/mol. The van der Waals surface area contributed by atoms with Gasteiger partial charge in [-0.2, -0.15) is 0 Å². The lowest BCUT2D eigenvalue weighted by Gasteiger charge is -2.10. The highest BCUT2D eigenvalue weighted by Crippen LogP contribution is 2.35. The van der Waals surface area contributed by atoms with E-state index in [0.29, 0.717) is 11.1 Å². The summed E-state index contributed by atoms with van der Waals surface area (Å²) in [4.78, 5) is 4.30. The number of tetrazole rings is 1. The van der Waals surface area contributed by atoms with Gasteiger partial charge in [-0.05, 0) is 57.0 Å². The van der Waals surface area contributed by atoms with Gasteiger partial charge in [-0.3, -0.25) is 0 Å². The standard InChI is InChI=1S/C11H11BrClN5S/c12-9-5-7(13)6-14-10(9)19-11-15-16-17-18(11)8-3-1-2-4-8/h5-6,8H,1-4H2. The molecule has 0 saturated heterocycles. The summed E-state index contributed by atoms with van der Waals surface area (Å²) in [5.41, 5.74) is 0. The van der Waals surface area contributed by atoms with Gasteiger partial charge in [0.2, 0.25) is 5.16 Å². The van der Waals surface area contributed by atoms with Crippen molar-refractivity contribution >= 4 is 39.3 Å². The minimum absolute atomic E-state index is 0.420. The number of pyridine rings is 1. The van der Waals surface area contributed by atoms with E-state index in [0.717, 1.165) is 27.5 Å². The molecule has 0 atom stereocenters. The third-order valence-corrected chi connectivity index (χ3v) is 5.14. The average Bonchev–Trinajstić information content (AvgIpc) is 3.03. The van der Waals surface area contributed by atoms with Gasteiger partial charge in [0.15, 0.2) is 0 Å². The normalized spacial score (nSPS) is 16.1. The Bertz CT molecular complexity index is 584. The molecule has 3 rings (SSSR count). The highest BCUT2D eigenvalue weighted by Gasteiger charge is 2.22. The zero-order valence-corrected chi connectivity index (χ0v) is 13.1. The lowest BCUT2D eigenvalue weighted by Crippen LogP contribution is -2.08. The van der Waals surface area contributed by atoms with Crippen LogP contribution in [0.1, 0.15) is 31.7 Å². The van der Waals surface area contributed by atoms with E-state index in [1.807, 2.05) is 10.7 Å². The Morgan fingerprint density at radius 3 is 2.89 bits per heavy atom. The Morgan fingerprint density at radius 1 is 1.37 bits per heavy atom. The van der Waals surface area contributed by atoms with Crippen LogP contribution in [0.5, 0.6) is 0 Å². The van der Waals surface area contributed by atoms with Crippen molar-refractivity contribution in [3.8, 4) is 0 Å². The topological polar surface area (TPSA) is 56.5 Å². The summed E-state index contributed by atoms with van der Waals surface area (Å²) in [5.74, 6) is 0. The molecule has 0 amide bonds. The van der Waals surface area contributed by atoms with E-state index >= 15 is 0 Å². The van der Waals surface area contributed by atoms with Crippen LogP contribution in [0.25, 0.3) is 0 Å². The lowest BCUT2D eigenvalue weighted by atomic mass is 10.3. The molecule has 0 spiro atoms. The molecule has 0 unspecified atom stereocenters. The summed E-state index contributed by atoms with van der Waals surface area (Å²) >= 11 is 10.8. The van der Waals surface area contributed by atoms with Crippen LogP contribution in [-0.4, -0.2) is 25.2 Å². The van der Waals surface area contributed by atoms with Crippen LogP contribution in [0.3, 0.4) is 0 Å². The Morgan fingerprint density at radius 2 is 2.16 bits per heavy atom. The van der Waals surface area contributed by atoms with E-state index in [1.165, 1.54) is 24.6 Å². The van der Waals surface area contributed by atoms with Gasteiger partial charge in [0.25, 0.3) is 0 Å². The van der Waals surface area contributed by atoms with E-state index in [4.69, 9.17) is 11.6 Å². The number of aromatic nitrogens is 5. The van der Waals surface area contributed by atoms with Gasteiger partial charge in [0.05, 0.1) is 15.5 Å². The minimum atomic E-state index is 0.420. The predicted molar refractivity (Wildman–Crippen MR) is 76.4 cm³/mol. The first kappa shape index (κ1) is 13.3. The molecule has 19 heavy (non-hydrogen) atoms. The molecule has 0 N–H and O–H groups in total. The van der Waals surface area contributed by atoms with E-state index in [9.17, 15) is 0 Å². The third-order valence-electron chi connectivity index (χ3n) is 3.10. The van der Waals surface area contributed by atoms with Crippen LogP contribution in [-0.2, 0) is 0 Å². The third kappa shape index (κ3) is 2.93. The molecule has 0 aromatic carbocycles. The molecule has 2 aromatic rings. The van der Waals surface area contributed by atoms with Gasteiger partial charge in [-0.1, -0.05) is 24.4 Å². The number of halogens is 2. The van der Waals surface area contributed by atoms with Crippen molar-refractivity contribution in [3.05, 3.63) is 21.8 Å². The van der Waals surface area contributed by atoms with E-state index in [1.54, 1.807) is 6.20 Å². The van der Waals surface area contributed by atoms with E-state index in [-0.39, 0.29) is 0 Å². The highest BCUT2D eigenvalue weighted by atomic mass is 79.9. The first-order valence-corrected chi connectivity index (χ1v) is 7.99. The minimum Gasteiger partial charge on any atom is -0.247 e. The van der Waals surface area contributed by atoms with Gasteiger partial charge in [-0.15, -0.1) is 5.10 Å². The molecule has 8 heteroatoms. The van der Waals surface area contributed by atoms with E-state index in [2.05, 4.69) is 36.4 Å². The largest absolute Gasteiger partial charge is 0.247 e. The fourth-order valence-corrected chi connectivity index (χ4v) is 3.87. The predicted octanol–water partition coefficient (Wildman–Crippen LogP) is 3.75. The molecule has 100 valence electrons. The summed E-state index contributed by atoms with van der Waals surface area (Å²) < 4.78 is 2.77. The van der Waals surface area contributed by atoms with Crippen LogP contribution in [0.2, 0.25) is 5.02 Å². The molecular formula is C11H11BrClN5S. The van der Waals surface area contributed by atoms with Crippen molar-refractivity contribution < 1.29 is 0 Å². The molecule has 0 radical (unpaired) electrons. The monoisotopic (exact) mass is 359 g/mol. The van der Waals surface area contributed by atoms with Crippen molar-refractivity contribution in [1.82, 2.24) is 25.2 Å². The van der Waals surface area contributed by atoms with Gasteiger partial charge in [0.1, 0.15) is 5.03 Å². The van der Waals surface area contributed by atoms with Crippen LogP contribution in [0.4, 0.5) is 0 Å². The highest BCUT2D eigenvalue weighted by molar-refractivity contribution is 9.10. The maximum absolute atomic E-state index is 5.89. The van der Waals surface area contributed by atoms with Crippen LogP contribution < -0.4 is 0 Å². The van der Waals surface area contributed by atoms with Crippen LogP contribution in [0, 0.1) is 0 Å². The fourth-order valence-electron chi connectivity index (χ4n) is 2.19. The number of hydrogen-bond donors (Lipinski definition) is 0. The number of rotatable bonds is 3. The molecule has 1 saturated carbocycles. The molecule has 2 heterocycles. The first-order chi connectivity index (χ1) is 9.24. The fraction of sp³-hybridized carbons (Fsp3) is 0.455. The van der Waals surface area contributed by atoms with Gasteiger partial charge < -0.3 is 0 Å². The molecule has 0 aliphatic heterocycles. The van der Waals surface area contributed by atoms with Gasteiger partial charge in [0, 0.05) is 6.20 Å². The quantitative estimate of drug-likeness (QED) is 0.834. The smallest absolute Gasteiger partial charge is 0.215 e. The van der Waals surface area contributed by atoms with Gasteiger partial charge >= 0.3 is 0 Å². The summed E-state index contributed by atoms with van der Waals surface area (Å²) in [6.07, 6.45) is 6.41. The zero-order chi connectivity index (χ0) is 13.2. The Kier molecular flexibility index (Phi) is 4.04. The molecule has 1 aliphatic carbocycles. The van der Waals surface area contributed by atoms with Crippen molar-refractivity contribution in [2.24, 2.45) is 0 Å². The zero-order valence-electron chi connectivity index (χ0n) is 9.96. The lowest BCUT2D eigenvalue weighted by molar-refractivity contribution is 0.423. The Balaban J connectivity index is 1.85. The second-order valence-corrected chi connectivity index (χ2v) is 6.63. The summed E-state index contributed by atoms with van der Waals surface area (Å²) in [6, 6.07) is 2.24. The number of hydrogen-bond acceptors (Lipinski definition) is 5. The van der Waals surface area contributed by atoms with Crippen molar-refractivity contribution in [1.29, 1.82) is 0 Å². The molecule has 1 fully saturated rings. The SMILES string of the molecule is Clc1cnc(Sc2nnnn2C2CCCC2)c(Br)c1.